The van der Waals surface area contributed by atoms with Crippen LogP contribution in [0.3, 0.4) is 0 Å². The van der Waals surface area contributed by atoms with E-state index in [2.05, 4.69) is 15.6 Å². The van der Waals surface area contributed by atoms with Gasteiger partial charge in [0.1, 0.15) is 0 Å². The molecule has 2 rings (SSSR count). The number of nitrogens with zero attached hydrogens (tertiary/aromatic N) is 1. The maximum atomic E-state index is 12.4. The van der Waals surface area contributed by atoms with Crippen LogP contribution in [0.15, 0.2) is 5.38 Å². The monoisotopic (exact) mass is 337 g/mol. The maximum Gasteiger partial charge on any atom is 0.434 e. The molecule has 1 aliphatic carbocycles. The molecule has 6 nitrogen and oxygen atoms in total. The number of carboxylic acids is 1. The van der Waals surface area contributed by atoms with Crippen LogP contribution in [0.5, 0.6) is 0 Å². The summed E-state index contributed by atoms with van der Waals surface area (Å²) in [6.07, 6.45) is -2.56. The number of carboxylic acid groups (broad SMARTS) is 1. The number of anilines is 1. The number of aromatic nitrogens is 1. The van der Waals surface area contributed by atoms with Gasteiger partial charge in [0.05, 0.1) is 5.92 Å². The van der Waals surface area contributed by atoms with Crippen LogP contribution in [-0.2, 0) is 11.0 Å². The molecule has 10 heteroatoms. The first-order chi connectivity index (χ1) is 10.3. The Hall–Kier alpha value is -1.84. The predicted molar refractivity (Wildman–Crippen MR) is 72.7 cm³/mol. The summed E-state index contributed by atoms with van der Waals surface area (Å²) in [5, 5.41) is 14.4. The maximum absolute atomic E-state index is 12.4. The van der Waals surface area contributed by atoms with Gasteiger partial charge in [-0.05, 0) is 25.7 Å². The molecule has 1 fully saturated rings. The van der Waals surface area contributed by atoms with E-state index >= 15 is 0 Å². The lowest BCUT2D eigenvalue weighted by molar-refractivity contribution is -0.143. The smallest absolute Gasteiger partial charge is 0.434 e. The van der Waals surface area contributed by atoms with E-state index in [1.165, 1.54) is 0 Å². The number of rotatable bonds is 3. The summed E-state index contributed by atoms with van der Waals surface area (Å²) in [5.74, 6) is -1.24. The highest BCUT2D eigenvalue weighted by Gasteiger charge is 2.34. The molecule has 1 heterocycles. The molecule has 3 N–H and O–H groups in total. The van der Waals surface area contributed by atoms with Crippen molar-refractivity contribution in [1.82, 2.24) is 10.3 Å². The van der Waals surface area contributed by atoms with Crippen LogP contribution in [0, 0.1) is 5.92 Å². The number of alkyl halides is 3. The Morgan fingerprint density at radius 2 is 1.91 bits per heavy atom. The minimum atomic E-state index is -4.54. The van der Waals surface area contributed by atoms with Crippen molar-refractivity contribution in [3.8, 4) is 0 Å². The van der Waals surface area contributed by atoms with E-state index in [0.29, 0.717) is 37.0 Å². The van der Waals surface area contributed by atoms with E-state index in [-0.39, 0.29) is 11.2 Å². The topological polar surface area (TPSA) is 91.3 Å². The van der Waals surface area contributed by atoms with Gasteiger partial charge in [0.15, 0.2) is 10.8 Å². The predicted octanol–water partition coefficient (Wildman–Crippen LogP) is 2.93. The van der Waals surface area contributed by atoms with Gasteiger partial charge in [0, 0.05) is 11.4 Å². The standard InChI is InChI=1S/C12H14F3N3O3S/c13-12(14,15)8-5-22-11(17-8)18-10(21)16-7-3-1-6(2-4-7)9(19)20/h5-7H,1-4H2,(H,19,20)(H2,16,17,18,21). The van der Waals surface area contributed by atoms with Crippen molar-refractivity contribution < 1.29 is 27.9 Å². The second kappa shape index (κ2) is 6.51. The normalized spacial score (nSPS) is 22.1. The summed E-state index contributed by atoms with van der Waals surface area (Å²) < 4.78 is 37.1. The summed E-state index contributed by atoms with van der Waals surface area (Å²) in [5.41, 5.74) is -1.05. The van der Waals surface area contributed by atoms with E-state index in [0.717, 1.165) is 5.38 Å². The molecule has 0 aromatic carbocycles. The van der Waals surface area contributed by atoms with E-state index in [1.54, 1.807) is 0 Å². The number of urea groups is 1. The molecule has 0 spiro atoms. The zero-order valence-corrected chi connectivity index (χ0v) is 12.1. The highest BCUT2D eigenvalue weighted by atomic mass is 32.1. The highest BCUT2D eigenvalue weighted by Crippen LogP contribution is 2.31. The van der Waals surface area contributed by atoms with Crippen molar-refractivity contribution in [2.75, 3.05) is 5.32 Å². The van der Waals surface area contributed by atoms with Gasteiger partial charge >= 0.3 is 18.2 Å². The van der Waals surface area contributed by atoms with Gasteiger partial charge in [0.25, 0.3) is 0 Å². The van der Waals surface area contributed by atoms with Gasteiger partial charge in [0.2, 0.25) is 0 Å². The summed E-state index contributed by atoms with van der Waals surface area (Å²) in [6, 6.07) is -0.820. The third-order valence-electron chi connectivity index (χ3n) is 3.43. The van der Waals surface area contributed by atoms with E-state index in [1.807, 2.05) is 0 Å². The van der Waals surface area contributed by atoms with Crippen molar-refractivity contribution >= 4 is 28.5 Å². The zero-order chi connectivity index (χ0) is 16.3. The fraction of sp³-hybridized carbons (Fsp3) is 0.583. The molecule has 0 bridgehead atoms. The van der Waals surface area contributed by atoms with Crippen LogP contribution in [0.2, 0.25) is 0 Å². The molecule has 0 atom stereocenters. The number of amides is 2. The fourth-order valence-electron chi connectivity index (χ4n) is 2.26. The van der Waals surface area contributed by atoms with Crippen LogP contribution in [0.25, 0.3) is 0 Å². The van der Waals surface area contributed by atoms with Crippen molar-refractivity contribution in [2.45, 2.75) is 37.9 Å². The van der Waals surface area contributed by atoms with Gasteiger partial charge in [-0.3, -0.25) is 10.1 Å². The molecule has 0 radical (unpaired) electrons. The van der Waals surface area contributed by atoms with Crippen LogP contribution in [0.1, 0.15) is 31.4 Å². The SMILES string of the molecule is O=C(Nc1nc(C(F)(F)F)cs1)NC1CCC(C(=O)O)CC1. The number of nitrogens with one attached hydrogen (secondary N) is 2. The van der Waals surface area contributed by atoms with Gasteiger partial charge in [-0.1, -0.05) is 0 Å². The summed E-state index contributed by atoms with van der Waals surface area (Å²) >= 11 is 0.690. The first-order valence-corrected chi connectivity index (χ1v) is 7.46. The van der Waals surface area contributed by atoms with Crippen molar-refractivity contribution in [3.63, 3.8) is 0 Å². The lowest BCUT2D eigenvalue weighted by atomic mass is 9.86. The number of halogens is 3. The minimum absolute atomic E-state index is 0.135. The minimum Gasteiger partial charge on any atom is -0.481 e. The molecule has 2 amide bonds. The lowest BCUT2D eigenvalue weighted by Crippen LogP contribution is -2.40. The molecule has 1 aliphatic rings. The summed E-state index contributed by atoms with van der Waals surface area (Å²) in [4.78, 5) is 25.8. The van der Waals surface area contributed by atoms with Crippen molar-refractivity contribution in [2.24, 2.45) is 5.92 Å². The van der Waals surface area contributed by atoms with E-state index < -0.39 is 29.8 Å². The highest BCUT2D eigenvalue weighted by molar-refractivity contribution is 7.13. The summed E-state index contributed by atoms with van der Waals surface area (Å²) in [6.45, 7) is 0. The second-order valence-electron chi connectivity index (χ2n) is 5.02. The number of aliphatic carboxylic acids is 1. The van der Waals surface area contributed by atoms with Gasteiger partial charge < -0.3 is 10.4 Å². The number of hydrogen-bond donors (Lipinski definition) is 3. The Balaban J connectivity index is 1.81. The lowest BCUT2D eigenvalue weighted by Gasteiger charge is -2.26. The Bertz CT molecular complexity index is 553. The third-order valence-corrected chi connectivity index (χ3v) is 4.18. The molecule has 1 aromatic rings. The Morgan fingerprint density at radius 3 is 2.41 bits per heavy atom. The average Bonchev–Trinajstić information content (AvgIpc) is 2.87. The first kappa shape index (κ1) is 16.5. The van der Waals surface area contributed by atoms with Crippen LogP contribution >= 0.6 is 11.3 Å². The first-order valence-electron chi connectivity index (χ1n) is 6.58. The Morgan fingerprint density at radius 1 is 1.27 bits per heavy atom. The molecule has 122 valence electrons. The molecule has 22 heavy (non-hydrogen) atoms. The Kier molecular flexibility index (Phi) is 4.89. The molecule has 1 saturated carbocycles. The second-order valence-corrected chi connectivity index (χ2v) is 5.88. The van der Waals surface area contributed by atoms with Crippen LogP contribution < -0.4 is 10.6 Å². The third kappa shape index (κ3) is 4.33. The number of hydrogen-bond acceptors (Lipinski definition) is 4. The average molecular weight is 337 g/mol. The molecule has 0 aliphatic heterocycles. The molecular weight excluding hydrogens is 323 g/mol. The molecular formula is C12H14F3N3O3S. The molecule has 0 saturated heterocycles. The van der Waals surface area contributed by atoms with E-state index in [9.17, 15) is 22.8 Å². The quantitative estimate of drug-likeness (QED) is 0.791. The van der Waals surface area contributed by atoms with Gasteiger partial charge in [-0.2, -0.15) is 13.2 Å². The fourth-order valence-corrected chi connectivity index (χ4v) is 2.98. The van der Waals surface area contributed by atoms with Crippen molar-refractivity contribution in [1.29, 1.82) is 0 Å². The van der Waals surface area contributed by atoms with Crippen LogP contribution in [0.4, 0.5) is 23.1 Å². The summed E-state index contributed by atoms with van der Waals surface area (Å²) in [7, 11) is 0. The number of carbonyl (C=O) groups excluding carboxylic acids is 1. The molecule has 1 aromatic heterocycles. The van der Waals surface area contributed by atoms with E-state index in [4.69, 9.17) is 5.11 Å². The van der Waals surface area contributed by atoms with Crippen molar-refractivity contribution in [3.05, 3.63) is 11.1 Å². The van der Waals surface area contributed by atoms with Gasteiger partial charge in [-0.25, -0.2) is 9.78 Å². The Labute approximate surface area is 127 Å². The number of thiazole rings is 1. The largest absolute Gasteiger partial charge is 0.481 e. The molecule has 0 unspecified atom stereocenters. The number of carbonyl (C=O) groups is 2. The zero-order valence-electron chi connectivity index (χ0n) is 11.3. The van der Waals surface area contributed by atoms with Crippen LogP contribution in [-0.4, -0.2) is 28.1 Å². The van der Waals surface area contributed by atoms with Gasteiger partial charge in [-0.15, -0.1) is 11.3 Å².